The summed E-state index contributed by atoms with van der Waals surface area (Å²) in [6.07, 6.45) is 11.5. The van der Waals surface area contributed by atoms with Gasteiger partial charge in [0, 0.05) is 0 Å². The molecule has 1 nitrogen and oxygen atoms in total. The van der Waals surface area contributed by atoms with E-state index < -0.39 is 0 Å². The largest absolute Gasteiger partial charge is 0.497 e. The molecule has 1 aromatic rings. The number of rotatable bonds is 8. The normalized spacial score (nSPS) is 8.55. The monoisotopic (exact) mass is 282 g/mol. The summed E-state index contributed by atoms with van der Waals surface area (Å²) in [4.78, 5) is 0. The Morgan fingerprint density at radius 1 is 0.700 bits per heavy atom. The molecule has 0 saturated heterocycles. The van der Waals surface area contributed by atoms with Crippen molar-refractivity contribution in [1.29, 1.82) is 0 Å². The Balaban J connectivity index is -0.000000266. The molecule has 0 aromatic heterocycles. The number of unbranched alkanes of at least 4 members (excludes halogenated alkanes) is 7. The van der Waals surface area contributed by atoms with Crippen molar-refractivity contribution in [2.75, 3.05) is 7.11 Å². The van der Waals surface area contributed by atoms with Gasteiger partial charge in [-0.05, 0) is 12.1 Å². The van der Waals surface area contributed by atoms with Gasteiger partial charge in [-0.1, -0.05) is 98.3 Å². The van der Waals surface area contributed by atoms with E-state index in [2.05, 4.69) is 13.8 Å². The van der Waals surface area contributed by atoms with Crippen LogP contribution in [0.2, 0.25) is 0 Å². The Bertz CT molecular complexity index is 235. The molecule has 1 heteroatoms. The van der Waals surface area contributed by atoms with Gasteiger partial charge in [0.2, 0.25) is 0 Å². The Morgan fingerprint density at radius 3 is 1.40 bits per heavy atom. The van der Waals surface area contributed by atoms with Crippen molar-refractivity contribution in [3.63, 3.8) is 0 Å². The molecular weight excluding hydrogens is 244 g/mol. The summed E-state index contributed by atoms with van der Waals surface area (Å²) in [5, 5.41) is 0. The fourth-order valence-corrected chi connectivity index (χ4v) is 1.76. The van der Waals surface area contributed by atoms with Gasteiger partial charge in [0.1, 0.15) is 5.75 Å². The van der Waals surface area contributed by atoms with Crippen molar-refractivity contribution in [2.45, 2.75) is 80.1 Å². The molecule has 0 bridgehead atoms. The first-order valence-corrected chi connectivity index (χ1v) is 7.44. The number of ether oxygens (including phenoxy) is 1. The minimum atomic E-state index is 0. The van der Waals surface area contributed by atoms with E-state index in [1.807, 2.05) is 30.3 Å². The fraction of sp³-hybridized carbons (Fsp3) is 0.684. The molecular formula is C19H38O. The average Bonchev–Trinajstić information content (AvgIpc) is 2.44. The second kappa shape index (κ2) is 20.3. The molecule has 0 aliphatic heterocycles. The molecule has 0 aliphatic rings. The van der Waals surface area contributed by atoms with E-state index in [0.717, 1.165) is 5.75 Å². The van der Waals surface area contributed by atoms with Crippen LogP contribution in [-0.4, -0.2) is 7.11 Å². The maximum absolute atomic E-state index is 4.91. The van der Waals surface area contributed by atoms with Crippen LogP contribution in [0, 0.1) is 0 Å². The Morgan fingerprint density at radius 2 is 1.10 bits per heavy atom. The van der Waals surface area contributed by atoms with Crippen LogP contribution in [0.4, 0.5) is 0 Å². The van der Waals surface area contributed by atoms with E-state index >= 15 is 0 Å². The van der Waals surface area contributed by atoms with Crippen LogP contribution in [-0.2, 0) is 0 Å². The summed E-state index contributed by atoms with van der Waals surface area (Å²) < 4.78 is 4.91. The van der Waals surface area contributed by atoms with Gasteiger partial charge in [-0.3, -0.25) is 0 Å². The molecule has 0 unspecified atom stereocenters. The summed E-state index contributed by atoms with van der Waals surface area (Å²) in [5.41, 5.74) is 0. The molecule has 120 valence electrons. The summed E-state index contributed by atoms with van der Waals surface area (Å²) >= 11 is 0. The molecule has 0 heterocycles. The molecule has 0 radical (unpaired) electrons. The average molecular weight is 283 g/mol. The first kappa shape index (κ1) is 24.1. The van der Waals surface area contributed by atoms with Gasteiger partial charge in [-0.15, -0.1) is 0 Å². The standard InChI is InChI=1S/C10H22.C7H8O.2CH4/c1-3-5-7-9-10-8-6-4-2;1-8-7-5-3-2-4-6-7;;/h3-10H2,1-2H3;2-6H,1H3;2*1H4. The first-order valence-electron chi connectivity index (χ1n) is 7.44. The zero-order valence-corrected chi connectivity index (χ0v) is 12.5. The minimum Gasteiger partial charge on any atom is -0.497 e. The predicted molar refractivity (Wildman–Crippen MR) is 94.7 cm³/mol. The third-order valence-corrected chi connectivity index (χ3v) is 2.94. The number of methoxy groups -OCH3 is 1. The molecule has 0 saturated carbocycles. The lowest BCUT2D eigenvalue weighted by Crippen LogP contribution is -1.78. The van der Waals surface area contributed by atoms with Crippen LogP contribution in [0.25, 0.3) is 0 Å². The van der Waals surface area contributed by atoms with Gasteiger partial charge in [-0.2, -0.15) is 0 Å². The van der Waals surface area contributed by atoms with Crippen LogP contribution < -0.4 is 4.74 Å². The van der Waals surface area contributed by atoms with Crippen molar-refractivity contribution >= 4 is 0 Å². The highest BCUT2D eigenvalue weighted by molar-refractivity contribution is 5.20. The molecule has 1 rings (SSSR count). The van der Waals surface area contributed by atoms with Crippen LogP contribution in [0.3, 0.4) is 0 Å². The van der Waals surface area contributed by atoms with Gasteiger partial charge >= 0.3 is 0 Å². The van der Waals surface area contributed by atoms with Crippen molar-refractivity contribution in [2.24, 2.45) is 0 Å². The van der Waals surface area contributed by atoms with Crippen molar-refractivity contribution in [1.82, 2.24) is 0 Å². The van der Waals surface area contributed by atoms with Gasteiger partial charge < -0.3 is 4.74 Å². The predicted octanol–water partition coefficient (Wildman–Crippen LogP) is 7.11. The van der Waals surface area contributed by atoms with Crippen LogP contribution in [0.1, 0.15) is 80.1 Å². The van der Waals surface area contributed by atoms with Gasteiger partial charge in [0.25, 0.3) is 0 Å². The SMILES string of the molecule is C.C.CCCCCCCCCC.COc1ccccc1. The van der Waals surface area contributed by atoms with Crippen LogP contribution >= 0.6 is 0 Å². The molecule has 0 fully saturated rings. The Kier molecular flexibility index (Phi) is 24.5. The maximum atomic E-state index is 4.91. The van der Waals surface area contributed by atoms with Crippen molar-refractivity contribution in [3.8, 4) is 5.75 Å². The highest BCUT2D eigenvalue weighted by Gasteiger charge is 1.87. The summed E-state index contributed by atoms with van der Waals surface area (Å²) in [7, 11) is 1.66. The van der Waals surface area contributed by atoms with Gasteiger partial charge in [-0.25, -0.2) is 0 Å². The lowest BCUT2D eigenvalue weighted by Gasteiger charge is -1.97. The number of hydrogen-bond donors (Lipinski definition) is 0. The van der Waals surface area contributed by atoms with Crippen LogP contribution in [0.15, 0.2) is 30.3 Å². The maximum Gasteiger partial charge on any atom is 0.118 e. The lowest BCUT2D eigenvalue weighted by atomic mass is 10.1. The van der Waals surface area contributed by atoms with E-state index in [9.17, 15) is 0 Å². The van der Waals surface area contributed by atoms with E-state index in [0.29, 0.717) is 0 Å². The fourth-order valence-electron chi connectivity index (χ4n) is 1.76. The highest BCUT2D eigenvalue weighted by atomic mass is 16.5. The van der Waals surface area contributed by atoms with Crippen molar-refractivity contribution in [3.05, 3.63) is 30.3 Å². The second-order valence-corrected chi connectivity index (χ2v) is 4.64. The first-order chi connectivity index (χ1) is 8.85. The van der Waals surface area contributed by atoms with E-state index in [1.165, 1.54) is 51.4 Å². The number of hydrogen-bond acceptors (Lipinski definition) is 1. The molecule has 0 N–H and O–H groups in total. The molecule has 1 aromatic carbocycles. The number of para-hydroxylation sites is 1. The summed E-state index contributed by atoms with van der Waals surface area (Å²) in [6.45, 7) is 4.54. The van der Waals surface area contributed by atoms with Crippen molar-refractivity contribution < 1.29 is 4.74 Å². The Labute approximate surface area is 128 Å². The molecule has 0 atom stereocenters. The lowest BCUT2D eigenvalue weighted by molar-refractivity contribution is 0.415. The minimum absolute atomic E-state index is 0. The smallest absolute Gasteiger partial charge is 0.118 e. The summed E-state index contributed by atoms with van der Waals surface area (Å²) in [5.74, 6) is 0.910. The quantitative estimate of drug-likeness (QED) is 0.461. The topological polar surface area (TPSA) is 9.23 Å². The number of benzene rings is 1. The molecule has 0 aliphatic carbocycles. The van der Waals surface area contributed by atoms with Gasteiger partial charge in [0.05, 0.1) is 7.11 Å². The van der Waals surface area contributed by atoms with E-state index in [-0.39, 0.29) is 14.9 Å². The molecule has 0 amide bonds. The molecule has 20 heavy (non-hydrogen) atoms. The Hall–Kier alpha value is -0.980. The zero-order chi connectivity index (χ0) is 13.5. The summed E-state index contributed by atoms with van der Waals surface area (Å²) in [6, 6.07) is 9.68. The van der Waals surface area contributed by atoms with E-state index in [4.69, 9.17) is 4.74 Å². The molecule has 0 spiro atoms. The highest BCUT2D eigenvalue weighted by Crippen LogP contribution is 2.07. The second-order valence-electron chi connectivity index (χ2n) is 4.64. The van der Waals surface area contributed by atoms with Gasteiger partial charge in [0.15, 0.2) is 0 Å². The van der Waals surface area contributed by atoms with E-state index in [1.54, 1.807) is 7.11 Å². The third-order valence-electron chi connectivity index (χ3n) is 2.94. The third kappa shape index (κ3) is 17.0. The van der Waals surface area contributed by atoms with Crippen LogP contribution in [0.5, 0.6) is 5.75 Å². The zero-order valence-electron chi connectivity index (χ0n) is 12.5.